The number of rotatable bonds is 4. The molecular formula is C13H19FN4O3Si. The number of aromatic nitrogens is 1. The molecule has 0 spiro atoms. The second-order valence-electron chi connectivity index (χ2n) is 5.61. The van der Waals surface area contributed by atoms with E-state index in [0.717, 1.165) is 10.6 Å². The predicted molar refractivity (Wildman–Crippen MR) is 81.2 cm³/mol. The van der Waals surface area contributed by atoms with Crippen LogP contribution in [0.1, 0.15) is 6.92 Å². The highest BCUT2D eigenvalue weighted by Crippen LogP contribution is 2.26. The first-order chi connectivity index (χ1) is 10.3. The van der Waals surface area contributed by atoms with Crippen molar-refractivity contribution in [1.82, 2.24) is 15.7 Å². The highest BCUT2D eigenvalue weighted by molar-refractivity contribution is 6.83. The molecule has 0 amide bonds. The van der Waals surface area contributed by atoms with E-state index >= 15 is 0 Å². The van der Waals surface area contributed by atoms with Crippen LogP contribution in [-0.4, -0.2) is 31.1 Å². The minimum absolute atomic E-state index is 0.160. The third kappa shape index (κ3) is 3.54. The molecule has 0 saturated carbocycles. The van der Waals surface area contributed by atoms with Crippen LogP contribution in [0.15, 0.2) is 29.8 Å². The van der Waals surface area contributed by atoms with Gasteiger partial charge in [-0.1, -0.05) is 19.6 Å². The van der Waals surface area contributed by atoms with Gasteiger partial charge in [0.1, 0.15) is 13.8 Å². The van der Waals surface area contributed by atoms with Crippen molar-refractivity contribution in [2.75, 3.05) is 11.6 Å². The summed E-state index contributed by atoms with van der Waals surface area (Å²) in [5.74, 6) is -0.671. The van der Waals surface area contributed by atoms with Crippen molar-refractivity contribution in [3.63, 3.8) is 0 Å². The fourth-order valence-electron chi connectivity index (χ4n) is 1.72. The molecule has 0 aromatic carbocycles. The van der Waals surface area contributed by atoms with Crippen molar-refractivity contribution in [1.29, 1.82) is 0 Å². The average molecular weight is 326 g/mol. The van der Waals surface area contributed by atoms with Crippen LogP contribution < -0.4 is 10.4 Å². The molecule has 0 aliphatic carbocycles. The van der Waals surface area contributed by atoms with E-state index in [4.69, 9.17) is 9.57 Å². The number of nitrogens with zero attached hydrogens (tertiary/aromatic N) is 3. The Morgan fingerprint density at radius 3 is 2.77 bits per heavy atom. The van der Waals surface area contributed by atoms with Gasteiger partial charge in [0, 0.05) is 17.7 Å². The van der Waals surface area contributed by atoms with E-state index in [0.29, 0.717) is 0 Å². The van der Waals surface area contributed by atoms with Crippen LogP contribution in [0.25, 0.3) is 0 Å². The SMILES string of the molecule is CCOC(=O)ON1NC([Si](C)(C)C)=CN1c1cccnc1F. The van der Waals surface area contributed by atoms with Gasteiger partial charge in [0.15, 0.2) is 0 Å². The van der Waals surface area contributed by atoms with Crippen LogP contribution in [-0.2, 0) is 9.57 Å². The highest BCUT2D eigenvalue weighted by atomic mass is 28.3. The fourth-order valence-corrected chi connectivity index (χ4v) is 2.66. The lowest BCUT2D eigenvalue weighted by Gasteiger charge is -2.26. The molecule has 0 atom stereocenters. The first kappa shape index (κ1) is 16.2. The Bertz CT molecular complexity index is 591. The maximum atomic E-state index is 13.9. The van der Waals surface area contributed by atoms with E-state index in [1.807, 2.05) is 0 Å². The molecule has 1 aromatic rings. The number of hydrazine groups is 2. The third-order valence-corrected chi connectivity index (χ3v) is 4.74. The average Bonchev–Trinajstić information content (AvgIpc) is 2.83. The zero-order valence-electron chi connectivity index (χ0n) is 13.0. The van der Waals surface area contributed by atoms with Crippen molar-refractivity contribution in [3.05, 3.63) is 35.8 Å². The standard InChI is InChI=1S/C13H19FN4O3Si/c1-5-20-13(19)21-18-16-11(22(2,3)4)9-17(18)10-7-6-8-15-12(10)14/h6-9,16H,5H2,1-4H3. The molecule has 2 heterocycles. The molecule has 2 rings (SSSR count). The van der Waals surface area contributed by atoms with Gasteiger partial charge in [0.05, 0.1) is 11.9 Å². The highest BCUT2D eigenvalue weighted by Gasteiger charge is 2.34. The van der Waals surface area contributed by atoms with Crippen LogP contribution in [0.4, 0.5) is 14.9 Å². The molecule has 0 unspecified atom stereocenters. The third-order valence-electron chi connectivity index (χ3n) is 2.88. The molecule has 120 valence electrons. The lowest BCUT2D eigenvalue weighted by atomic mass is 10.4. The van der Waals surface area contributed by atoms with Crippen molar-refractivity contribution in [2.45, 2.75) is 26.6 Å². The normalized spacial score (nSPS) is 15.3. The summed E-state index contributed by atoms with van der Waals surface area (Å²) >= 11 is 0. The number of hydrogen-bond acceptors (Lipinski definition) is 7. The Kier molecular flexibility index (Phi) is 4.67. The zero-order chi connectivity index (χ0) is 16.3. The van der Waals surface area contributed by atoms with Crippen molar-refractivity contribution in [2.24, 2.45) is 0 Å². The van der Waals surface area contributed by atoms with Crippen LogP contribution in [0.2, 0.25) is 19.6 Å². The monoisotopic (exact) mass is 326 g/mol. The largest absolute Gasteiger partial charge is 0.530 e. The molecule has 0 fully saturated rings. The van der Waals surface area contributed by atoms with E-state index in [-0.39, 0.29) is 12.3 Å². The van der Waals surface area contributed by atoms with Crippen molar-refractivity contribution < 1.29 is 18.8 Å². The summed E-state index contributed by atoms with van der Waals surface area (Å²) < 4.78 is 18.7. The van der Waals surface area contributed by atoms with Crippen LogP contribution in [0.5, 0.6) is 0 Å². The second kappa shape index (κ2) is 6.32. The van der Waals surface area contributed by atoms with E-state index in [2.05, 4.69) is 30.1 Å². The number of halogens is 1. The van der Waals surface area contributed by atoms with Gasteiger partial charge >= 0.3 is 6.16 Å². The molecule has 0 radical (unpaired) electrons. The van der Waals surface area contributed by atoms with Crippen LogP contribution >= 0.6 is 0 Å². The van der Waals surface area contributed by atoms with Gasteiger partial charge in [-0.3, -0.25) is 10.3 Å². The molecule has 1 aliphatic rings. The summed E-state index contributed by atoms with van der Waals surface area (Å²) in [5, 5.41) is 3.28. The molecule has 9 heteroatoms. The number of carbonyl (C=O) groups is 1. The Morgan fingerprint density at radius 1 is 1.45 bits per heavy atom. The Balaban J connectivity index is 2.29. The van der Waals surface area contributed by atoms with E-state index in [9.17, 15) is 9.18 Å². The molecule has 22 heavy (non-hydrogen) atoms. The van der Waals surface area contributed by atoms with Gasteiger partial charge in [-0.25, -0.2) is 14.8 Å². The van der Waals surface area contributed by atoms with Gasteiger partial charge in [0.2, 0.25) is 5.95 Å². The summed E-state index contributed by atoms with van der Waals surface area (Å²) in [4.78, 5) is 20.2. The number of ether oxygens (including phenoxy) is 1. The topological polar surface area (TPSA) is 66.9 Å². The van der Waals surface area contributed by atoms with Gasteiger partial charge in [-0.05, 0) is 19.1 Å². The minimum atomic E-state index is -1.74. The molecule has 0 bridgehead atoms. The zero-order valence-corrected chi connectivity index (χ0v) is 14.0. The molecule has 7 nitrogen and oxygen atoms in total. The van der Waals surface area contributed by atoms with Crippen LogP contribution in [0.3, 0.4) is 0 Å². The molecule has 0 saturated heterocycles. The predicted octanol–water partition coefficient (Wildman–Crippen LogP) is 2.57. The van der Waals surface area contributed by atoms with E-state index < -0.39 is 20.2 Å². The number of pyridine rings is 1. The maximum absolute atomic E-state index is 13.9. The number of anilines is 1. The Labute approximate surface area is 129 Å². The Morgan fingerprint density at radius 2 is 2.18 bits per heavy atom. The minimum Gasteiger partial charge on any atom is -0.433 e. The molecule has 1 aliphatic heterocycles. The van der Waals surface area contributed by atoms with E-state index in [1.165, 1.54) is 17.3 Å². The first-order valence-corrected chi connectivity index (χ1v) is 10.4. The summed E-state index contributed by atoms with van der Waals surface area (Å²) in [7, 11) is -1.74. The van der Waals surface area contributed by atoms with Crippen molar-refractivity contribution in [3.8, 4) is 0 Å². The second-order valence-corrected chi connectivity index (χ2v) is 10.6. The van der Waals surface area contributed by atoms with Crippen LogP contribution in [0, 0.1) is 5.95 Å². The number of hydrogen-bond donors (Lipinski definition) is 1. The summed E-state index contributed by atoms with van der Waals surface area (Å²) in [6.45, 7) is 8.18. The number of nitrogens with one attached hydrogen (secondary N) is 1. The number of carbonyl (C=O) groups excluding carboxylic acids is 1. The smallest absolute Gasteiger partial charge is 0.433 e. The van der Waals surface area contributed by atoms with Gasteiger partial charge in [0.25, 0.3) is 0 Å². The summed E-state index contributed by atoms with van der Waals surface area (Å²) in [6, 6.07) is 3.14. The summed E-state index contributed by atoms with van der Waals surface area (Å²) in [5.41, 5.74) is 3.12. The quantitative estimate of drug-likeness (QED) is 0.518. The molecule has 1 aromatic heterocycles. The fraction of sp³-hybridized carbons (Fsp3) is 0.385. The maximum Gasteiger partial charge on any atom is 0.530 e. The lowest BCUT2D eigenvalue weighted by molar-refractivity contribution is -0.149. The summed E-state index contributed by atoms with van der Waals surface area (Å²) in [6.07, 6.45) is 2.17. The van der Waals surface area contributed by atoms with Gasteiger partial charge in [-0.15, -0.1) is 0 Å². The molecule has 1 N–H and O–H groups in total. The van der Waals surface area contributed by atoms with E-state index in [1.54, 1.807) is 19.2 Å². The van der Waals surface area contributed by atoms with Gasteiger partial charge < -0.3 is 4.74 Å². The lowest BCUT2D eigenvalue weighted by Crippen LogP contribution is -2.46. The first-order valence-electron chi connectivity index (χ1n) is 6.86. The van der Waals surface area contributed by atoms with Crippen molar-refractivity contribution >= 4 is 19.9 Å². The Hall–Kier alpha value is -2.13. The molecular weight excluding hydrogens is 307 g/mol. The van der Waals surface area contributed by atoms with Gasteiger partial charge in [-0.2, -0.15) is 4.39 Å².